The summed E-state index contributed by atoms with van der Waals surface area (Å²) in [6.07, 6.45) is 9.93. The normalized spacial score (nSPS) is 45.7. The molecule has 8 bridgehead atoms. The van der Waals surface area contributed by atoms with Crippen LogP contribution in [0.1, 0.15) is 44.1 Å². The van der Waals surface area contributed by atoms with Crippen LogP contribution in [0, 0.1) is 47.3 Å². The molecule has 0 atom stereocenters. The van der Waals surface area contributed by atoms with Gasteiger partial charge < -0.3 is 4.74 Å². The molecule has 0 spiro atoms. The summed E-state index contributed by atoms with van der Waals surface area (Å²) in [5.41, 5.74) is 1.01. The SMILES string of the molecule is C1C2CC3C4CC5CC(C14)C(C2)C3C5.O=COCc1ccccc1. The number of hydrogen-bond donors (Lipinski definition) is 0. The van der Waals surface area contributed by atoms with E-state index in [2.05, 4.69) is 4.74 Å². The van der Waals surface area contributed by atoms with Crippen molar-refractivity contribution in [2.45, 2.75) is 45.1 Å². The van der Waals surface area contributed by atoms with Gasteiger partial charge in [-0.05, 0) is 91.4 Å². The van der Waals surface area contributed by atoms with Gasteiger partial charge in [0.25, 0.3) is 6.47 Å². The molecule has 0 unspecified atom stereocenters. The highest BCUT2D eigenvalue weighted by Gasteiger charge is 2.63. The first kappa shape index (κ1) is 15.0. The van der Waals surface area contributed by atoms with Crippen molar-refractivity contribution in [2.24, 2.45) is 47.3 Å². The summed E-state index contributed by atoms with van der Waals surface area (Å²) in [6.45, 7) is 0.817. The van der Waals surface area contributed by atoms with Crippen molar-refractivity contribution in [2.75, 3.05) is 0 Å². The van der Waals surface area contributed by atoms with E-state index in [0.29, 0.717) is 13.1 Å². The lowest BCUT2D eigenvalue weighted by atomic mass is 9.36. The van der Waals surface area contributed by atoms with Gasteiger partial charge in [-0.3, -0.25) is 4.79 Å². The zero-order valence-electron chi connectivity index (χ0n) is 14.3. The van der Waals surface area contributed by atoms with Gasteiger partial charge in [0.05, 0.1) is 0 Å². The summed E-state index contributed by atoms with van der Waals surface area (Å²) in [6, 6.07) is 9.55. The molecule has 7 aliphatic rings. The Labute approximate surface area is 145 Å². The van der Waals surface area contributed by atoms with Gasteiger partial charge in [-0.15, -0.1) is 0 Å². The maximum Gasteiger partial charge on any atom is 0.293 e. The molecule has 8 rings (SSSR count). The van der Waals surface area contributed by atoms with Crippen LogP contribution in [-0.4, -0.2) is 6.47 Å². The summed E-state index contributed by atoms with van der Waals surface area (Å²) >= 11 is 0. The molecule has 0 N–H and O–H groups in total. The first-order valence-electron chi connectivity index (χ1n) is 9.92. The van der Waals surface area contributed by atoms with E-state index in [1.165, 1.54) is 47.3 Å². The molecule has 24 heavy (non-hydrogen) atoms. The van der Waals surface area contributed by atoms with Crippen molar-refractivity contribution < 1.29 is 9.53 Å². The molecule has 0 saturated heterocycles. The van der Waals surface area contributed by atoms with Crippen molar-refractivity contribution in [1.82, 2.24) is 0 Å². The van der Waals surface area contributed by atoms with E-state index in [-0.39, 0.29) is 0 Å². The standard InChI is InChI=1S/C14H20.C8H8O2/c1-7-2-12-10-4-8-5-11(9(1)10)13(3-7)14(12)6-8;9-7-10-6-8-4-2-1-3-5-8/h7-14H,1-6H2;1-5,7H,6H2. The number of hydrogen-bond acceptors (Lipinski definition) is 2. The summed E-state index contributed by atoms with van der Waals surface area (Å²) in [7, 11) is 0. The Morgan fingerprint density at radius 2 is 1.17 bits per heavy atom. The Morgan fingerprint density at radius 1 is 0.750 bits per heavy atom. The third kappa shape index (κ3) is 2.33. The van der Waals surface area contributed by atoms with Crippen molar-refractivity contribution in [3.63, 3.8) is 0 Å². The molecule has 0 aliphatic heterocycles. The van der Waals surface area contributed by atoms with E-state index in [0.717, 1.165) is 5.56 Å². The van der Waals surface area contributed by atoms with Gasteiger partial charge in [0, 0.05) is 0 Å². The Kier molecular flexibility index (Phi) is 3.68. The zero-order chi connectivity index (χ0) is 16.1. The first-order chi connectivity index (χ1) is 11.8. The third-order valence-electron chi connectivity index (χ3n) is 8.09. The second-order valence-corrected chi connectivity index (χ2v) is 9.02. The molecule has 7 fully saturated rings. The summed E-state index contributed by atoms with van der Waals surface area (Å²) < 4.78 is 4.54. The van der Waals surface area contributed by atoms with Gasteiger partial charge in [-0.1, -0.05) is 30.3 Å². The molecule has 7 saturated carbocycles. The monoisotopic (exact) mass is 324 g/mol. The second kappa shape index (κ2) is 5.89. The number of benzene rings is 1. The highest BCUT2D eigenvalue weighted by Crippen LogP contribution is 2.71. The van der Waals surface area contributed by atoms with Crippen LogP contribution in [0.2, 0.25) is 0 Å². The van der Waals surface area contributed by atoms with Crippen LogP contribution in [0.25, 0.3) is 0 Å². The molecule has 128 valence electrons. The maximum absolute atomic E-state index is 9.76. The van der Waals surface area contributed by atoms with Crippen LogP contribution >= 0.6 is 0 Å². The first-order valence-corrected chi connectivity index (χ1v) is 9.92. The minimum Gasteiger partial charge on any atom is -0.463 e. The van der Waals surface area contributed by atoms with Crippen molar-refractivity contribution in [3.05, 3.63) is 35.9 Å². The Balaban J connectivity index is 0.000000117. The third-order valence-corrected chi connectivity index (χ3v) is 8.09. The highest BCUT2D eigenvalue weighted by molar-refractivity contribution is 5.37. The topological polar surface area (TPSA) is 26.3 Å². The molecule has 1 aromatic rings. The van der Waals surface area contributed by atoms with Gasteiger partial charge in [0.1, 0.15) is 6.61 Å². The van der Waals surface area contributed by atoms with Crippen LogP contribution in [0.3, 0.4) is 0 Å². The smallest absolute Gasteiger partial charge is 0.293 e. The molecule has 2 nitrogen and oxygen atoms in total. The fourth-order valence-electron chi connectivity index (χ4n) is 7.59. The van der Waals surface area contributed by atoms with Crippen LogP contribution in [-0.2, 0) is 16.1 Å². The molecular formula is C22H28O2. The Bertz CT molecular complexity index is 508. The van der Waals surface area contributed by atoms with Gasteiger partial charge >= 0.3 is 0 Å². The van der Waals surface area contributed by atoms with Gasteiger partial charge in [0.15, 0.2) is 0 Å². The van der Waals surface area contributed by atoms with E-state index in [1.54, 1.807) is 38.5 Å². The predicted octanol–water partition coefficient (Wildman–Crippen LogP) is 4.68. The van der Waals surface area contributed by atoms with E-state index < -0.39 is 0 Å². The lowest BCUT2D eigenvalue weighted by molar-refractivity contribution is -0.202. The Morgan fingerprint density at radius 3 is 1.54 bits per heavy atom. The van der Waals surface area contributed by atoms with Crippen molar-refractivity contribution in [1.29, 1.82) is 0 Å². The molecule has 2 heteroatoms. The molecule has 0 heterocycles. The van der Waals surface area contributed by atoms with Gasteiger partial charge in [-0.2, -0.15) is 0 Å². The fourth-order valence-corrected chi connectivity index (χ4v) is 7.59. The van der Waals surface area contributed by atoms with Crippen molar-refractivity contribution >= 4 is 6.47 Å². The quantitative estimate of drug-likeness (QED) is 0.754. The van der Waals surface area contributed by atoms with E-state index in [1.807, 2.05) is 30.3 Å². The maximum atomic E-state index is 9.76. The molecule has 0 aromatic heterocycles. The predicted molar refractivity (Wildman–Crippen MR) is 92.9 cm³/mol. The van der Waals surface area contributed by atoms with Crippen LogP contribution in [0.4, 0.5) is 0 Å². The molecule has 0 radical (unpaired) electrons. The van der Waals surface area contributed by atoms with Crippen LogP contribution < -0.4 is 0 Å². The summed E-state index contributed by atoms with van der Waals surface area (Å²) in [5.74, 6) is 9.74. The average Bonchev–Trinajstić information content (AvgIpc) is 2.65. The minimum absolute atomic E-state index is 0.365. The molecular weight excluding hydrogens is 296 g/mol. The van der Waals surface area contributed by atoms with Crippen molar-refractivity contribution in [3.8, 4) is 0 Å². The number of carbonyl (C=O) groups excluding carboxylic acids is 1. The summed E-state index contributed by atoms with van der Waals surface area (Å²) in [4.78, 5) is 9.76. The Hall–Kier alpha value is -1.31. The minimum atomic E-state index is 0.365. The fraction of sp³-hybridized carbons (Fsp3) is 0.682. The second-order valence-electron chi connectivity index (χ2n) is 9.02. The van der Waals surface area contributed by atoms with E-state index in [4.69, 9.17) is 0 Å². The summed E-state index contributed by atoms with van der Waals surface area (Å²) in [5, 5.41) is 0. The van der Waals surface area contributed by atoms with Gasteiger partial charge in [0.2, 0.25) is 0 Å². The lowest BCUT2D eigenvalue weighted by Gasteiger charge is -2.69. The van der Waals surface area contributed by atoms with E-state index in [9.17, 15) is 4.79 Å². The van der Waals surface area contributed by atoms with Gasteiger partial charge in [-0.25, -0.2) is 0 Å². The zero-order valence-corrected chi connectivity index (χ0v) is 14.3. The number of ether oxygens (including phenoxy) is 1. The van der Waals surface area contributed by atoms with Crippen LogP contribution in [0.5, 0.6) is 0 Å². The number of rotatable bonds is 3. The lowest BCUT2D eigenvalue weighted by Crippen LogP contribution is -2.62. The molecule has 0 amide bonds. The highest BCUT2D eigenvalue weighted by atomic mass is 16.5. The largest absolute Gasteiger partial charge is 0.463 e. The van der Waals surface area contributed by atoms with Crippen LogP contribution in [0.15, 0.2) is 30.3 Å². The number of carbonyl (C=O) groups is 1. The molecule has 7 aliphatic carbocycles. The molecule has 1 aromatic carbocycles. The average molecular weight is 324 g/mol. The van der Waals surface area contributed by atoms with E-state index >= 15 is 0 Å².